The van der Waals surface area contributed by atoms with E-state index in [0.717, 1.165) is 64.5 Å². The van der Waals surface area contributed by atoms with E-state index in [1.165, 1.54) is 11.3 Å². The summed E-state index contributed by atoms with van der Waals surface area (Å²) in [4.78, 5) is 8.55. The second-order valence-corrected chi connectivity index (χ2v) is 8.42. The molecule has 4 rings (SSSR count). The molecule has 0 radical (unpaired) electrons. The fourth-order valence-corrected chi connectivity index (χ4v) is 4.97. The zero-order chi connectivity index (χ0) is 18.3. The second-order valence-electron chi connectivity index (χ2n) is 7.01. The Kier molecular flexibility index (Phi) is 4.90. The Hall–Kier alpha value is -1.63. The van der Waals surface area contributed by atoms with E-state index in [0.29, 0.717) is 0 Å². The van der Waals surface area contributed by atoms with Crippen LogP contribution < -0.4 is 0 Å². The molecular weight excluding hydrogens is 368 g/mol. The molecule has 1 atom stereocenters. The van der Waals surface area contributed by atoms with Crippen LogP contribution in [0.2, 0.25) is 5.02 Å². The topological polar surface area (TPSA) is 53.7 Å². The molecule has 1 aliphatic rings. The Morgan fingerprint density at radius 3 is 2.69 bits per heavy atom. The van der Waals surface area contributed by atoms with Gasteiger partial charge in [-0.05, 0) is 43.5 Å². The molecule has 1 N–H and O–H groups in total. The molecular formula is C19H23ClN4OS. The lowest BCUT2D eigenvalue weighted by atomic mass is 9.95. The first-order chi connectivity index (χ1) is 12.6. The zero-order valence-corrected chi connectivity index (χ0v) is 16.6. The highest BCUT2D eigenvalue weighted by atomic mass is 35.5. The molecule has 3 aromatic rings. The first-order valence-corrected chi connectivity index (χ1v) is 10.3. The number of hydrogen-bond donors (Lipinski definition) is 1. The molecule has 0 amide bonds. The van der Waals surface area contributed by atoms with E-state index in [-0.39, 0.29) is 11.9 Å². The Labute approximate surface area is 162 Å². The van der Waals surface area contributed by atoms with Crippen LogP contribution in [0.3, 0.4) is 0 Å². The number of aromatic hydroxyl groups is 1. The van der Waals surface area contributed by atoms with Crippen LogP contribution in [0, 0.1) is 5.92 Å². The summed E-state index contributed by atoms with van der Waals surface area (Å²) < 4.78 is 1.56. The zero-order valence-electron chi connectivity index (χ0n) is 15.0. The summed E-state index contributed by atoms with van der Waals surface area (Å²) in [5.74, 6) is 1.67. The van der Waals surface area contributed by atoms with E-state index < -0.39 is 0 Å². The van der Waals surface area contributed by atoms with E-state index in [9.17, 15) is 5.11 Å². The minimum absolute atomic E-state index is 0.0743. The lowest BCUT2D eigenvalue weighted by Gasteiger charge is -2.36. The molecule has 3 heterocycles. The van der Waals surface area contributed by atoms with Gasteiger partial charge in [-0.25, -0.2) is 4.98 Å². The Morgan fingerprint density at radius 2 is 2.04 bits per heavy atom. The molecule has 1 saturated heterocycles. The van der Waals surface area contributed by atoms with Crippen molar-refractivity contribution in [3.8, 4) is 5.88 Å². The maximum absolute atomic E-state index is 10.9. The summed E-state index contributed by atoms with van der Waals surface area (Å²) in [6.45, 7) is 6.29. The average molecular weight is 391 g/mol. The van der Waals surface area contributed by atoms with Crippen LogP contribution in [-0.4, -0.2) is 37.7 Å². The number of likely N-dealkylation sites (tertiary alicyclic amines) is 1. The molecule has 5 nitrogen and oxygen atoms in total. The molecule has 0 saturated carbocycles. The molecule has 0 bridgehead atoms. The molecule has 0 aliphatic carbocycles. The molecule has 1 aromatic carbocycles. The fourth-order valence-electron chi connectivity index (χ4n) is 3.61. The Morgan fingerprint density at radius 1 is 1.31 bits per heavy atom. The van der Waals surface area contributed by atoms with Crippen LogP contribution in [0.15, 0.2) is 24.3 Å². The van der Waals surface area contributed by atoms with Crippen LogP contribution in [0.4, 0.5) is 0 Å². The van der Waals surface area contributed by atoms with E-state index in [1.54, 1.807) is 4.52 Å². The number of halogens is 1. The van der Waals surface area contributed by atoms with Crippen molar-refractivity contribution in [1.82, 2.24) is 19.5 Å². The SMILES string of the molecule is CCc1nc2sc([C@@H](c3ccccc3Cl)N3CCC(C)CC3)c(O)n2n1. The summed E-state index contributed by atoms with van der Waals surface area (Å²) in [5.41, 5.74) is 1.03. The van der Waals surface area contributed by atoms with Gasteiger partial charge in [-0.2, -0.15) is 4.52 Å². The smallest absolute Gasteiger partial charge is 0.230 e. The van der Waals surface area contributed by atoms with E-state index in [2.05, 4.69) is 28.0 Å². The minimum atomic E-state index is -0.0743. The third kappa shape index (κ3) is 3.10. The van der Waals surface area contributed by atoms with Gasteiger partial charge in [0.2, 0.25) is 10.8 Å². The van der Waals surface area contributed by atoms with Gasteiger partial charge in [0.05, 0.1) is 10.9 Å². The molecule has 138 valence electrons. The van der Waals surface area contributed by atoms with Crippen LogP contribution in [-0.2, 0) is 6.42 Å². The number of benzene rings is 1. The van der Waals surface area contributed by atoms with Crippen LogP contribution in [0.25, 0.3) is 4.96 Å². The van der Waals surface area contributed by atoms with E-state index >= 15 is 0 Å². The highest BCUT2D eigenvalue weighted by molar-refractivity contribution is 7.17. The van der Waals surface area contributed by atoms with Gasteiger partial charge < -0.3 is 5.11 Å². The van der Waals surface area contributed by atoms with Gasteiger partial charge in [0.1, 0.15) is 0 Å². The van der Waals surface area contributed by atoms with Crippen molar-refractivity contribution in [1.29, 1.82) is 0 Å². The first-order valence-electron chi connectivity index (χ1n) is 9.14. The van der Waals surface area contributed by atoms with Gasteiger partial charge in [-0.15, -0.1) is 5.10 Å². The quantitative estimate of drug-likeness (QED) is 0.710. The number of fused-ring (bicyclic) bond motifs is 1. The number of aryl methyl sites for hydroxylation is 1. The van der Waals surface area contributed by atoms with Crippen LogP contribution >= 0.6 is 22.9 Å². The predicted molar refractivity (Wildman–Crippen MR) is 105 cm³/mol. The van der Waals surface area contributed by atoms with Crippen molar-refractivity contribution in [3.05, 3.63) is 45.6 Å². The third-order valence-electron chi connectivity index (χ3n) is 5.19. The summed E-state index contributed by atoms with van der Waals surface area (Å²) >= 11 is 8.05. The van der Waals surface area contributed by atoms with Gasteiger partial charge in [-0.3, -0.25) is 4.90 Å². The number of nitrogens with zero attached hydrogens (tertiary/aromatic N) is 4. The lowest BCUT2D eigenvalue weighted by Crippen LogP contribution is -2.36. The highest BCUT2D eigenvalue weighted by Crippen LogP contribution is 2.43. The van der Waals surface area contributed by atoms with Crippen molar-refractivity contribution >= 4 is 27.9 Å². The van der Waals surface area contributed by atoms with Crippen molar-refractivity contribution in [2.45, 2.75) is 39.2 Å². The second kappa shape index (κ2) is 7.18. The van der Waals surface area contributed by atoms with Gasteiger partial charge in [0.25, 0.3) is 0 Å². The largest absolute Gasteiger partial charge is 0.492 e. The molecule has 0 unspecified atom stereocenters. The van der Waals surface area contributed by atoms with Crippen molar-refractivity contribution < 1.29 is 5.11 Å². The average Bonchev–Trinajstić information content (AvgIpc) is 3.18. The summed E-state index contributed by atoms with van der Waals surface area (Å²) in [6.07, 6.45) is 3.06. The van der Waals surface area contributed by atoms with Gasteiger partial charge >= 0.3 is 0 Å². The third-order valence-corrected chi connectivity index (χ3v) is 6.61. The highest BCUT2D eigenvalue weighted by Gasteiger charge is 2.32. The fraction of sp³-hybridized carbons (Fsp3) is 0.474. The minimum Gasteiger partial charge on any atom is -0.492 e. The van der Waals surface area contributed by atoms with Gasteiger partial charge in [-0.1, -0.05) is 55.0 Å². The Balaban J connectivity index is 1.81. The number of piperidine rings is 1. The number of thiazole rings is 1. The number of aromatic nitrogens is 3. The summed E-state index contributed by atoms with van der Waals surface area (Å²) in [7, 11) is 0. The van der Waals surface area contributed by atoms with E-state index in [4.69, 9.17) is 11.6 Å². The maximum Gasteiger partial charge on any atom is 0.230 e. The summed E-state index contributed by atoms with van der Waals surface area (Å²) in [5, 5.41) is 16.1. The van der Waals surface area contributed by atoms with Crippen molar-refractivity contribution in [2.24, 2.45) is 5.92 Å². The summed E-state index contributed by atoms with van der Waals surface area (Å²) in [6, 6.07) is 7.84. The molecule has 7 heteroatoms. The van der Waals surface area contributed by atoms with Gasteiger partial charge in [0, 0.05) is 11.4 Å². The number of rotatable bonds is 4. The Bertz CT molecular complexity index is 914. The maximum atomic E-state index is 10.9. The van der Waals surface area contributed by atoms with Crippen LogP contribution in [0.1, 0.15) is 49.0 Å². The number of hydrogen-bond acceptors (Lipinski definition) is 5. The van der Waals surface area contributed by atoms with Crippen LogP contribution in [0.5, 0.6) is 5.88 Å². The van der Waals surface area contributed by atoms with Gasteiger partial charge in [0.15, 0.2) is 5.82 Å². The molecule has 0 spiro atoms. The first kappa shape index (κ1) is 17.8. The standard InChI is InChI=1S/C19H23ClN4OS/c1-3-15-21-19-24(22-15)18(25)17(26-19)16(13-6-4-5-7-14(13)20)23-10-8-12(2)9-11-23/h4-7,12,16,25H,3,8-11H2,1-2H3/t16-/m1/s1. The van der Waals surface area contributed by atoms with E-state index in [1.807, 2.05) is 25.1 Å². The van der Waals surface area contributed by atoms with Crippen molar-refractivity contribution in [3.63, 3.8) is 0 Å². The molecule has 1 aliphatic heterocycles. The predicted octanol–water partition coefficient (Wildman–Crippen LogP) is 4.53. The normalized spacial score (nSPS) is 17.8. The monoisotopic (exact) mass is 390 g/mol. The molecule has 2 aromatic heterocycles. The lowest BCUT2D eigenvalue weighted by molar-refractivity contribution is 0.157. The van der Waals surface area contributed by atoms with Crippen molar-refractivity contribution in [2.75, 3.05) is 13.1 Å². The molecule has 1 fully saturated rings. The molecule has 26 heavy (non-hydrogen) atoms.